The van der Waals surface area contributed by atoms with Gasteiger partial charge in [0.05, 0.1) is 45.2 Å². The third-order valence-corrected chi connectivity index (χ3v) is 26.1. The van der Waals surface area contributed by atoms with Crippen molar-refractivity contribution in [3.05, 3.63) is 122 Å². The van der Waals surface area contributed by atoms with E-state index in [1.165, 1.54) is 449 Å². The Bertz CT molecular complexity index is 2430. The molecule has 788 valence electrons. The van der Waals surface area contributed by atoms with Crippen LogP contribution in [0.5, 0.6) is 0 Å². The lowest BCUT2D eigenvalue weighted by Crippen LogP contribution is -2.35. The first kappa shape index (κ1) is 133. The van der Waals surface area contributed by atoms with Crippen LogP contribution in [0.1, 0.15) is 542 Å². The fourth-order valence-corrected chi connectivity index (χ4v) is 17.4. The van der Waals surface area contributed by atoms with Gasteiger partial charge in [0, 0.05) is 45.7 Å². The Labute approximate surface area is 838 Å². The molecule has 2 N–H and O–H groups in total. The van der Waals surface area contributed by atoms with Gasteiger partial charge in [0.2, 0.25) is 0 Å². The molecule has 0 aromatic rings. The van der Waals surface area contributed by atoms with Crippen molar-refractivity contribution in [3.63, 3.8) is 0 Å². The monoisotopic (exact) mass is 1880 g/mol. The van der Waals surface area contributed by atoms with Crippen molar-refractivity contribution in [1.29, 1.82) is 0 Å². The zero-order valence-electron chi connectivity index (χ0n) is 91.7. The third kappa shape index (κ3) is 111. The molecule has 1 saturated heterocycles. The van der Waals surface area contributed by atoms with E-state index >= 15 is 0 Å². The predicted molar refractivity (Wildman–Crippen MR) is 597 cm³/mol. The zero-order chi connectivity index (χ0) is 97.3. The summed E-state index contributed by atoms with van der Waals surface area (Å²) in [5.74, 6) is -0.328. The molecule has 3 unspecified atom stereocenters. The molecule has 0 spiro atoms. The van der Waals surface area contributed by atoms with Crippen LogP contribution in [0.25, 0.3) is 0 Å². The summed E-state index contributed by atoms with van der Waals surface area (Å²) >= 11 is 0. The molecule has 10 nitrogen and oxygen atoms in total. The van der Waals surface area contributed by atoms with Gasteiger partial charge in [-0.25, -0.2) is 0 Å². The van der Waals surface area contributed by atoms with Crippen LogP contribution >= 0.6 is 0 Å². The number of ether oxygens (including phenoxy) is 5. The predicted octanol–water partition coefficient (Wildman–Crippen LogP) is 37.4. The number of hydrogen-bond acceptors (Lipinski definition) is 10. The van der Waals surface area contributed by atoms with Crippen LogP contribution in [0, 0.1) is 0 Å². The van der Waals surface area contributed by atoms with Crippen LogP contribution in [0.2, 0.25) is 0 Å². The van der Waals surface area contributed by atoms with Gasteiger partial charge in [-0.2, -0.15) is 0 Å². The van der Waals surface area contributed by atoms with Gasteiger partial charge in [-0.15, -0.1) is 0 Å². The number of aliphatic hydroxyl groups is 2. The lowest BCUT2D eigenvalue weighted by molar-refractivity contribution is -0.180. The molecule has 0 radical (unpaired) electrons. The number of likely N-dealkylation sites (N-methyl/N-ethyl adjacent to an activating group) is 2. The first-order valence-corrected chi connectivity index (χ1v) is 59.0. The van der Waals surface area contributed by atoms with Crippen molar-refractivity contribution < 1.29 is 33.9 Å². The maximum atomic E-state index is 10.00. The van der Waals surface area contributed by atoms with Crippen LogP contribution in [0.15, 0.2) is 122 Å². The van der Waals surface area contributed by atoms with Crippen molar-refractivity contribution in [2.45, 2.75) is 566 Å². The fourth-order valence-electron chi connectivity index (χ4n) is 17.4. The molecule has 1 fully saturated rings. The van der Waals surface area contributed by atoms with Gasteiger partial charge in [-0.3, -0.25) is 0 Å². The summed E-state index contributed by atoms with van der Waals surface area (Å²) in [6, 6.07) is 0. The molecule has 0 aliphatic carbocycles. The largest absolute Gasteiger partial charge is 0.394 e. The van der Waals surface area contributed by atoms with Crippen LogP contribution in [-0.4, -0.2) is 156 Å². The Hall–Kier alpha value is -3.00. The molecule has 0 bridgehead atoms. The number of allylic oxidation sites excluding steroid dienone is 20. The lowest BCUT2D eigenvalue weighted by Gasteiger charge is -2.29. The number of unbranched alkanes of at least 4 members (excludes halogenated alkanes) is 60. The quantitative estimate of drug-likeness (QED) is 0.0453. The van der Waals surface area contributed by atoms with Gasteiger partial charge in [-0.05, 0) is 260 Å². The first-order chi connectivity index (χ1) is 66.1. The summed E-state index contributed by atoms with van der Waals surface area (Å²) in [7, 11) is 8.43. The van der Waals surface area contributed by atoms with Crippen molar-refractivity contribution in [2.75, 3.05) is 107 Å². The Morgan fingerprint density at radius 1 is 0.284 bits per heavy atom. The standard InChI is InChI=1S/C43H81NO3.C42H77NO2.C39H77NO2/c1-5-7-9-11-13-15-17-19-21-23-25-27-29-31-33-35-38-45-41-43(42-46-40-37-44(3)4)47-39-36-34-32-30-28-26-24-22-20-18-16-14-12-10-8-6-2;1-5-7-9-11-13-15-17-19-21-23-25-27-29-31-33-35-37-42(44-40-41(45-42)39-43(3)4)38-36-34-32-30-28-26-24-22-20-18-16-14-12-10-8-6-2;1-3-5-7-9-11-13-15-17-19-21-23-25-27-29-31-33-35-40(37-39(42)38-41)36-34-32-30-28-26-24-22-20-18-16-14-12-10-8-6-4-2/h13-16,19-22,43H,5-12,17-18,23-42H2,1-4H3;13-16,19-22,41H,5-12,17-18,23-40H2,1-4H3;17-20,39,41-42H,3-16,21-38H2,1-2H3/b2*15-13-,16-14-,21-19-,22-20-;19-17-,20-18-. The molecule has 0 amide bonds. The number of aliphatic hydroxyl groups excluding tert-OH is 2. The summed E-state index contributed by atoms with van der Waals surface area (Å²) in [6.45, 7) is 22.5. The van der Waals surface area contributed by atoms with Crippen LogP contribution in [-0.2, 0) is 23.7 Å². The second-order valence-corrected chi connectivity index (χ2v) is 40.5. The highest BCUT2D eigenvalue weighted by Gasteiger charge is 2.40. The Morgan fingerprint density at radius 2 is 0.530 bits per heavy atom. The van der Waals surface area contributed by atoms with Crippen LogP contribution in [0.3, 0.4) is 0 Å². The average Bonchev–Trinajstić information content (AvgIpc) is 1.69. The third-order valence-electron chi connectivity index (χ3n) is 26.1. The molecule has 3 atom stereocenters. The van der Waals surface area contributed by atoms with Gasteiger partial charge in [0.25, 0.3) is 0 Å². The summed E-state index contributed by atoms with van der Waals surface area (Å²) in [6.07, 6.45) is 148. The zero-order valence-corrected chi connectivity index (χ0v) is 91.7. The molecule has 1 heterocycles. The van der Waals surface area contributed by atoms with Gasteiger partial charge >= 0.3 is 0 Å². The van der Waals surface area contributed by atoms with Crippen molar-refractivity contribution >= 4 is 0 Å². The minimum absolute atomic E-state index is 0.0414. The Kier molecular flexibility index (Phi) is 116. The van der Waals surface area contributed by atoms with E-state index in [9.17, 15) is 10.2 Å². The van der Waals surface area contributed by atoms with E-state index in [1.807, 2.05) is 0 Å². The molecule has 0 aromatic carbocycles. The van der Waals surface area contributed by atoms with Gasteiger partial charge in [0.1, 0.15) is 6.10 Å². The summed E-state index contributed by atoms with van der Waals surface area (Å²) < 4.78 is 31.2. The van der Waals surface area contributed by atoms with Crippen LogP contribution < -0.4 is 0 Å². The Balaban J connectivity index is 0. The van der Waals surface area contributed by atoms with E-state index in [0.717, 1.165) is 104 Å². The summed E-state index contributed by atoms with van der Waals surface area (Å²) in [5, 5.41) is 19.3. The van der Waals surface area contributed by atoms with Gasteiger partial charge in [-0.1, -0.05) is 433 Å². The highest BCUT2D eigenvalue weighted by atomic mass is 16.7. The number of hydrogen-bond donors (Lipinski definition) is 2. The normalized spacial score (nSPS) is 14.4. The van der Waals surface area contributed by atoms with Crippen molar-refractivity contribution in [3.8, 4) is 0 Å². The molecule has 1 aliphatic rings. The van der Waals surface area contributed by atoms with E-state index in [2.05, 4.69) is 206 Å². The topological polar surface area (TPSA) is 96.3 Å². The van der Waals surface area contributed by atoms with Crippen molar-refractivity contribution in [1.82, 2.24) is 14.7 Å². The minimum Gasteiger partial charge on any atom is -0.394 e. The van der Waals surface area contributed by atoms with E-state index in [0.29, 0.717) is 19.8 Å². The van der Waals surface area contributed by atoms with E-state index in [-0.39, 0.29) is 24.6 Å². The number of nitrogens with zero attached hydrogens (tertiary/aromatic N) is 3. The Morgan fingerprint density at radius 3 is 0.821 bits per heavy atom. The van der Waals surface area contributed by atoms with Crippen LogP contribution in [0.4, 0.5) is 0 Å². The van der Waals surface area contributed by atoms with E-state index < -0.39 is 6.10 Å². The second kappa shape index (κ2) is 117. The molecular weight excluding hydrogens is 1640 g/mol. The average molecular weight is 1880 g/mol. The maximum Gasteiger partial charge on any atom is 0.168 e. The molecule has 0 saturated carbocycles. The SMILES string of the molecule is CCCCC/C=C\C/C=C\CCCCCCCCC1(CCCCCCCC/C=C\C/C=C\CCCCC)OCC(CN(C)C)O1.CCCCC/C=C\C/C=C\CCCCCCCCOCC(COCCN(C)C)OCCCCCCCC/C=C\C/C=C\CCCCC.CCCCCCCC/C=C\CCCCCCCCN(CCCCCCCC/C=C\CCCCCCCC)CC(O)CO. The maximum absolute atomic E-state index is 10.00. The summed E-state index contributed by atoms with van der Waals surface area (Å²) in [4.78, 5) is 6.78. The smallest absolute Gasteiger partial charge is 0.168 e. The summed E-state index contributed by atoms with van der Waals surface area (Å²) in [5.41, 5.74) is 0. The lowest BCUT2D eigenvalue weighted by atomic mass is 9.98. The highest BCUT2D eigenvalue weighted by Crippen LogP contribution is 2.35. The van der Waals surface area contributed by atoms with Gasteiger partial charge < -0.3 is 48.6 Å². The second-order valence-electron chi connectivity index (χ2n) is 40.5. The molecule has 1 rings (SSSR count). The molecular formula is C124H235N3O7. The van der Waals surface area contributed by atoms with Gasteiger partial charge in [0.15, 0.2) is 5.79 Å². The molecule has 10 heteroatoms. The van der Waals surface area contributed by atoms with E-state index in [1.54, 1.807) is 0 Å². The first-order valence-electron chi connectivity index (χ1n) is 59.0. The highest BCUT2D eigenvalue weighted by molar-refractivity contribution is 4.96. The van der Waals surface area contributed by atoms with Crippen molar-refractivity contribution in [2.24, 2.45) is 0 Å². The molecule has 134 heavy (non-hydrogen) atoms. The number of rotatable bonds is 105. The van der Waals surface area contributed by atoms with E-state index in [4.69, 9.17) is 23.7 Å². The minimum atomic E-state index is -0.603. The molecule has 1 aliphatic heterocycles. The molecule has 0 aromatic heterocycles. The fraction of sp³-hybridized carbons (Fsp3) is 0.839.